The predicted octanol–water partition coefficient (Wildman–Crippen LogP) is 2.38. The van der Waals surface area contributed by atoms with E-state index in [1.54, 1.807) is 17.1 Å². The second-order valence-electron chi connectivity index (χ2n) is 5.35. The van der Waals surface area contributed by atoms with Gasteiger partial charge >= 0.3 is 0 Å². The minimum Gasteiger partial charge on any atom is -0.394 e. The molecule has 2 unspecified atom stereocenters. The Labute approximate surface area is 133 Å². The third-order valence-corrected chi connectivity index (χ3v) is 4.09. The minimum atomic E-state index is -0.294. The molecule has 1 N–H and O–H groups in total. The van der Waals surface area contributed by atoms with Crippen LogP contribution in [-0.4, -0.2) is 47.8 Å². The van der Waals surface area contributed by atoms with Crippen LogP contribution in [0.3, 0.4) is 0 Å². The number of hydrogen-bond donors (Lipinski definition) is 1. The SMILES string of the molecule is Cc1ccc(/C=C/C(=O)N2CC(C)OC(CO)C2)c(Br)c1. The molecule has 0 spiro atoms. The van der Waals surface area contributed by atoms with Gasteiger partial charge in [0.1, 0.15) is 0 Å². The van der Waals surface area contributed by atoms with E-state index in [4.69, 9.17) is 4.74 Å². The Kier molecular flexibility index (Phi) is 5.56. The number of aliphatic hydroxyl groups is 1. The molecule has 0 saturated carbocycles. The molecule has 5 heteroatoms. The summed E-state index contributed by atoms with van der Waals surface area (Å²) in [4.78, 5) is 14.0. The Morgan fingerprint density at radius 1 is 1.52 bits per heavy atom. The number of morpholine rings is 1. The highest BCUT2D eigenvalue weighted by atomic mass is 79.9. The van der Waals surface area contributed by atoms with Gasteiger partial charge < -0.3 is 14.7 Å². The lowest BCUT2D eigenvalue weighted by atomic mass is 10.1. The van der Waals surface area contributed by atoms with Crippen molar-refractivity contribution in [2.75, 3.05) is 19.7 Å². The summed E-state index contributed by atoms with van der Waals surface area (Å²) in [5.41, 5.74) is 2.13. The second kappa shape index (κ2) is 7.20. The van der Waals surface area contributed by atoms with E-state index in [0.717, 1.165) is 15.6 Å². The maximum atomic E-state index is 12.2. The van der Waals surface area contributed by atoms with Crippen molar-refractivity contribution in [3.05, 3.63) is 39.9 Å². The molecule has 2 rings (SSSR count). The number of nitrogens with zero attached hydrogens (tertiary/aromatic N) is 1. The summed E-state index contributed by atoms with van der Waals surface area (Å²) in [7, 11) is 0. The number of ether oxygens (including phenoxy) is 1. The van der Waals surface area contributed by atoms with Crippen LogP contribution in [0.2, 0.25) is 0 Å². The van der Waals surface area contributed by atoms with Crippen LogP contribution in [0.1, 0.15) is 18.1 Å². The Hall–Kier alpha value is -1.17. The molecule has 2 atom stereocenters. The number of amides is 1. The number of rotatable bonds is 3. The van der Waals surface area contributed by atoms with Gasteiger partial charge in [0.2, 0.25) is 5.91 Å². The standard InChI is InChI=1S/C16H20BrNO3/c1-11-3-4-13(15(17)7-11)5-6-16(20)18-8-12(2)21-14(9-18)10-19/h3-7,12,14,19H,8-10H2,1-2H3/b6-5+. The van der Waals surface area contributed by atoms with Crippen molar-refractivity contribution in [1.82, 2.24) is 4.90 Å². The number of aliphatic hydroxyl groups excluding tert-OH is 1. The van der Waals surface area contributed by atoms with Gasteiger partial charge in [0.05, 0.1) is 18.8 Å². The first-order valence-corrected chi connectivity index (χ1v) is 7.78. The summed E-state index contributed by atoms with van der Waals surface area (Å²) in [5, 5.41) is 9.19. The van der Waals surface area contributed by atoms with E-state index in [1.807, 2.05) is 32.0 Å². The molecule has 1 aromatic rings. The predicted molar refractivity (Wildman–Crippen MR) is 85.9 cm³/mol. The molecule has 0 aromatic heterocycles. The number of hydrogen-bond acceptors (Lipinski definition) is 3. The van der Waals surface area contributed by atoms with E-state index in [1.165, 1.54) is 0 Å². The number of carbonyl (C=O) groups is 1. The Bertz CT molecular complexity index is 544. The van der Waals surface area contributed by atoms with Crippen molar-refractivity contribution in [3.8, 4) is 0 Å². The lowest BCUT2D eigenvalue weighted by molar-refractivity contribution is -0.142. The third-order valence-electron chi connectivity index (χ3n) is 3.40. The van der Waals surface area contributed by atoms with Crippen molar-refractivity contribution in [2.45, 2.75) is 26.1 Å². The van der Waals surface area contributed by atoms with E-state index in [0.29, 0.717) is 13.1 Å². The molecule has 114 valence electrons. The zero-order chi connectivity index (χ0) is 15.4. The number of carbonyl (C=O) groups excluding carboxylic acids is 1. The van der Waals surface area contributed by atoms with Gasteiger partial charge in [-0.25, -0.2) is 0 Å². The molecule has 1 saturated heterocycles. The summed E-state index contributed by atoms with van der Waals surface area (Å²) in [6.45, 7) is 4.84. The molecule has 0 bridgehead atoms. The normalized spacial score (nSPS) is 22.8. The fourth-order valence-electron chi connectivity index (χ4n) is 2.36. The lowest BCUT2D eigenvalue weighted by Crippen LogP contribution is -2.49. The van der Waals surface area contributed by atoms with Crippen LogP contribution in [0.15, 0.2) is 28.7 Å². The summed E-state index contributed by atoms with van der Waals surface area (Å²) >= 11 is 3.49. The first-order chi connectivity index (χ1) is 9.99. The second-order valence-corrected chi connectivity index (χ2v) is 6.21. The van der Waals surface area contributed by atoms with Gasteiger partial charge in [0, 0.05) is 23.6 Å². The molecule has 1 aliphatic heterocycles. The minimum absolute atomic E-state index is 0.0561. The van der Waals surface area contributed by atoms with Crippen molar-refractivity contribution >= 4 is 27.9 Å². The average molecular weight is 354 g/mol. The zero-order valence-electron chi connectivity index (χ0n) is 12.3. The monoisotopic (exact) mass is 353 g/mol. The lowest BCUT2D eigenvalue weighted by Gasteiger charge is -2.35. The number of halogens is 1. The topological polar surface area (TPSA) is 49.8 Å². The smallest absolute Gasteiger partial charge is 0.246 e. The molecule has 1 aliphatic rings. The van der Waals surface area contributed by atoms with Gasteiger partial charge in [-0.2, -0.15) is 0 Å². The van der Waals surface area contributed by atoms with Gasteiger partial charge in [-0.15, -0.1) is 0 Å². The number of aryl methyl sites for hydroxylation is 1. The Morgan fingerprint density at radius 3 is 2.95 bits per heavy atom. The quantitative estimate of drug-likeness (QED) is 0.848. The van der Waals surface area contributed by atoms with Crippen LogP contribution in [0.25, 0.3) is 6.08 Å². The Morgan fingerprint density at radius 2 is 2.29 bits per heavy atom. The molecular weight excluding hydrogens is 334 g/mol. The first-order valence-electron chi connectivity index (χ1n) is 6.99. The van der Waals surface area contributed by atoms with E-state index < -0.39 is 0 Å². The fraction of sp³-hybridized carbons (Fsp3) is 0.438. The van der Waals surface area contributed by atoms with Gasteiger partial charge in [0.25, 0.3) is 0 Å². The summed E-state index contributed by atoms with van der Waals surface area (Å²) < 4.78 is 6.50. The average Bonchev–Trinajstić information content (AvgIpc) is 2.45. The number of benzene rings is 1. The van der Waals surface area contributed by atoms with Crippen molar-refractivity contribution in [1.29, 1.82) is 0 Å². The molecule has 21 heavy (non-hydrogen) atoms. The first kappa shape index (κ1) is 16.2. The fourth-order valence-corrected chi connectivity index (χ4v) is 2.99. The van der Waals surface area contributed by atoms with E-state index >= 15 is 0 Å². The van der Waals surface area contributed by atoms with Gasteiger partial charge in [-0.1, -0.05) is 28.1 Å². The molecule has 1 heterocycles. The van der Waals surface area contributed by atoms with Gasteiger partial charge in [-0.3, -0.25) is 4.79 Å². The Balaban J connectivity index is 2.04. The molecule has 4 nitrogen and oxygen atoms in total. The van der Waals surface area contributed by atoms with Crippen molar-refractivity contribution in [3.63, 3.8) is 0 Å². The van der Waals surface area contributed by atoms with Gasteiger partial charge in [0.15, 0.2) is 0 Å². The highest BCUT2D eigenvalue weighted by Gasteiger charge is 2.26. The van der Waals surface area contributed by atoms with Crippen LogP contribution >= 0.6 is 15.9 Å². The maximum Gasteiger partial charge on any atom is 0.246 e. The van der Waals surface area contributed by atoms with Crippen LogP contribution in [0, 0.1) is 6.92 Å². The van der Waals surface area contributed by atoms with Crippen molar-refractivity contribution in [2.24, 2.45) is 0 Å². The zero-order valence-corrected chi connectivity index (χ0v) is 13.8. The molecule has 1 amide bonds. The van der Waals surface area contributed by atoms with Crippen LogP contribution in [0.5, 0.6) is 0 Å². The summed E-state index contributed by atoms with van der Waals surface area (Å²) in [6, 6.07) is 6.00. The third kappa shape index (κ3) is 4.40. The molecule has 0 radical (unpaired) electrons. The van der Waals surface area contributed by atoms with Crippen LogP contribution in [-0.2, 0) is 9.53 Å². The maximum absolute atomic E-state index is 12.2. The largest absolute Gasteiger partial charge is 0.394 e. The molecule has 1 aromatic carbocycles. The van der Waals surface area contributed by atoms with E-state index in [9.17, 15) is 9.90 Å². The molecule has 1 fully saturated rings. The summed E-state index contributed by atoms with van der Waals surface area (Å²) in [6.07, 6.45) is 3.03. The van der Waals surface area contributed by atoms with E-state index in [-0.39, 0.29) is 24.7 Å². The van der Waals surface area contributed by atoms with Gasteiger partial charge in [-0.05, 0) is 37.1 Å². The molecule has 0 aliphatic carbocycles. The molecular formula is C16H20BrNO3. The summed E-state index contributed by atoms with van der Waals surface area (Å²) in [5.74, 6) is -0.0592. The highest BCUT2D eigenvalue weighted by molar-refractivity contribution is 9.10. The van der Waals surface area contributed by atoms with Crippen molar-refractivity contribution < 1.29 is 14.6 Å². The van der Waals surface area contributed by atoms with E-state index in [2.05, 4.69) is 15.9 Å². The van der Waals surface area contributed by atoms with Crippen LogP contribution in [0.4, 0.5) is 0 Å². The van der Waals surface area contributed by atoms with Crippen LogP contribution < -0.4 is 0 Å². The highest BCUT2D eigenvalue weighted by Crippen LogP contribution is 2.20.